The molecule has 6 nitrogen and oxygen atoms in total. The average molecular weight is 247 g/mol. The van der Waals surface area contributed by atoms with Crippen molar-refractivity contribution < 1.29 is 14.6 Å². The lowest BCUT2D eigenvalue weighted by Crippen LogP contribution is -2.07. The highest BCUT2D eigenvalue weighted by Crippen LogP contribution is 2.08. The van der Waals surface area contributed by atoms with Gasteiger partial charge in [0.1, 0.15) is 0 Å². The van der Waals surface area contributed by atoms with Crippen LogP contribution in [0.25, 0.3) is 0 Å². The maximum Gasteiger partial charge on any atom is 0.337 e. The van der Waals surface area contributed by atoms with Gasteiger partial charge < -0.3 is 9.84 Å². The topological polar surface area (TPSA) is 77.2 Å². The molecule has 0 aliphatic heterocycles. The van der Waals surface area contributed by atoms with E-state index >= 15 is 0 Å². The normalized spacial score (nSPS) is 10.3. The average Bonchev–Trinajstić information content (AvgIpc) is 2.86. The predicted octanol–water partition coefficient (Wildman–Crippen LogP) is 0.605. The van der Waals surface area contributed by atoms with Crippen LogP contribution < -0.4 is 0 Å². The summed E-state index contributed by atoms with van der Waals surface area (Å²) in [5.41, 5.74) is 2.11. The molecule has 0 aliphatic carbocycles. The second-order valence-electron chi connectivity index (χ2n) is 3.73. The molecule has 0 saturated carbocycles. The van der Waals surface area contributed by atoms with Crippen LogP contribution in [0.15, 0.2) is 30.5 Å². The highest BCUT2D eigenvalue weighted by molar-refractivity contribution is 5.89. The SMILES string of the molecule is COC(=O)c1ccc(Cn2nncc2CO)cc1. The second kappa shape index (κ2) is 5.42. The van der Waals surface area contributed by atoms with E-state index in [-0.39, 0.29) is 12.6 Å². The molecule has 1 heterocycles. The molecule has 2 rings (SSSR count). The molecule has 0 saturated heterocycles. The maximum atomic E-state index is 11.3. The van der Waals surface area contributed by atoms with Gasteiger partial charge in [0, 0.05) is 0 Å². The van der Waals surface area contributed by atoms with Crippen LogP contribution in [0.2, 0.25) is 0 Å². The van der Waals surface area contributed by atoms with Gasteiger partial charge in [0.25, 0.3) is 0 Å². The zero-order chi connectivity index (χ0) is 13.0. The van der Waals surface area contributed by atoms with E-state index < -0.39 is 0 Å². The summed E-state index contributed by atoms with van der Waals surface area (Å²) in [6, 6.07) is 7.01. The predicted molar refractivity (Wildman–Crippen MR) is 62.8 cm³/mol. The van der Waals surface area contributed by atoms with Crippen LogP contribution in [-0.2, 0) is 17.9 Å². The number of methoxy groups -OCH3 is 1. The number of esters is 1. The van der Waals surface area contributed by atoms with E-state index in [2.05, 4.69) is 15.0 Å². The fourth-order valence-electron chi connectivity index (χ4n) is 1.57. The number of aromatic nitrogens is 3. The summed E-state index contributed by atoms with van der Waals surface area (Å²) in [6.45, 7) is 0.393. The van der Waals surface area contributed by atoms with E-state index in [0.717, 1.165) is 5.56 Å². The lowest BCUT2D eigenvalue weighted by Gasteiger charge is -2.05. The van der Waals surface area contributed by atoms with Crippen LogP contribution in [0.1, 0.15) is 21.6 Å². The zero-order valence-corrected chi connectivity index (χ0v) is 9.91. The maximum absolute atomic E-state index is 11.3. The number of benzene rings is 1. The van der Waals surface area contributed by atoms with Crippen molar-refractivity contribution in [2.24, 2.45) is 0 Å². The molecule has 2 aromatic rings. The first-order valence-corrected chi connectivity index (χ1v) is 5.40. The molecule has 1 aromatic heterocycles. The number of rotatable bonds is 4. The van der Waals surface area contributed by atoms with Gasteiger partial charge in [0.2, 0.25) is 0 Å². The molecule has 0 unspecified atom stereocenters. The fraction of sp³-hybridized carbons (Fsp3) is 0.250. The van der Waals surface area contributed by atoms with Crippen LogP contribution in [-0.4, -0.2) is 33.2 Å². The highest BCUT2D eigenvalue weighted by Gasteiger charge is 2.06. The molecule has 1 N–H and O–H groups in total. The summed E-state index contributed by atoms with van der Waals surface area (Å²) in [4.78, 5) is 11.3. The summed E-state index contributed by atoms with van der Waals surface area (Å²) in [7, 11) is 1.35. The quantitative estimate of drug-likeness (QED) is 0.801. The highest BCUT2D eigenvalue weighted by atomic mass is 16.5. The van der Waals surface area contributed by atoms with Gasteiger partial charge in [0.05, 0.1) is 37.7 Å². The van der Waals surface area contributed by atoms with Gasteiger partial charge in [-0.3, -0.25) is 0 Å². The van der Waals surface area contributed by atoms with Crippen molar-refractivity contribution in [2.75, 3.05) is 7.11 Å². The minimum Gasteiger partial charge on any atom is -0.465 e. The summed E-state index contributed by atoms with van der Waals surface area (Å²) >= 11 is 0. The van der Waals surface area contributed by atoms with Gasteiger partial charge in [-0.25, -0.2) is 9.48 Å². The minimum atomic E-state index is -0.363. The molecular formula is C12H13N3O3. The van der Waals surface area contributed by atoms with E-state index in [1.54, 1.807) is 16.8 Å². The number of nitrogens with zero attached hydrogens (tertiary/aromatic N) is 3. The molecule has 0 fully saturated rings. The van der Waals surface area contributed by atoms with Crippen molar-refractivity contribution in [2.45, 2.75) is 13.2 Å². The molecule has 0 spiro atoms. The molecule has 6 heteroatoms. The van der Waals surface area contributed by atoms with E-state index in [1.165, 1.54) is 13.3 Å². The summed E-state index contributed by atoms with van der Waals surface area (Å²) < 4.78 is 6.22. The Labute approximate surface area is 104 Å². The third-order valence-corrected chi connectivity index (χ3v) is 2.57. The van der Waals surface area contributed by atoms with E-state index in [4.69, 9.17) is 5.11 Å². The van der Waals surface area contributed by atoms with Crippen LogP contribution >= 0.6 is 0 Å². The van der Waals surface area contributed by atoms with Crippen LogP contribution in [0.4, 0.5) is 0 Å². The van der Waals surface area contributed by atoms with Crippen molar-refractivity contribution >= 4 is 5.97 Å². The molecule has 0 atom stereocenters. The van der Waals surface area contributed by atoms with Crippen LogP contribution in [0.3, 0.4) is 0 Å². The largest absolute Gasteiger partial charge is 0.465 e. The van der Waals surface area contributed by atoms with Gasteiger partial charge in [-0.2, -0.15) is 0 Å². The summed E-state index contributed by atoms with van der Waals surface area (Å²) in [5.74, 6) is -0.363. The molecule has 1 aromatic carbocycles. The lowest BCUT2D eigenvalue weighted by atomic mass is 10.1. The molecule has 18 heavy (non-hydrogen) atoms. The first-order valence-electron chi connectivity index (χ1n) is 5.40. The molecule has 0 radical (unpaired) electrons. The Kier molecular flexibility index (Phi) is 3.69. The third-order valence-electron chi connectivity index (χ3n) is 2.57. The van der Waals surface area contributed by atoms with Crippen molar-refractivity contribution in [1.82, 2.24) is 15.0 Å². The van der Waals surface area contributed by atoms with E-state index in [9.17, 15) is 4.79 Å². The Bertz CT molecular complexity index is 534. The molecular weight excluding hydrogens is 234 g/mol. The number of aliphatic hydroxyl groups is 1. The molecule has 0 bridgehead atoms. The number of ether oxygens (including phenoxy) is 1. The number of hydrogen-bond donors (Lipinski definition) is 1. The van der Waals surface area contributed by atoms with Crippen molar-refractivity contribution in [3.05, 3.63) is 47.3 Å². The van der Waals surface area contributed by atoms with Crippen molar-refractivity contribution in [3.8, 4) is 0 Å². The van der Waals surface area contributed by atoms with Gasteiger partial charge in [0.15, 0.2) is 0 Å². The zero-order valence-electron chi connectivity index (χ0n) is 9.91. The Morgan fingerprint density at radius 3 is 2.72 bits per heavy atom. The smallest absolute Gasteiger partial charge is 0.337 e. The first kappa shape index (κ1) is 12.3. The number of hydrogen-bond acceptors (Lipinski definition) is 5. The van der Waals surface area contributed by atoms with Crippen LogP contribution in [0.5, 0.6) is 0 Å². The Morgan fingerprint density at radius 1 is 1.39 bits per heavy atom. The number of aliphatic hydroxyl groups excluding tert-OH is 1. The van der Waals surface area contributed by atoms with Crippen LogP contribution in [0, 0.1) is 0 Å². The number of carbonyl (C=O) groups excluding carboxylic acids is 1. The standard InChI is InChI=1S/C12H13N3O3/c1-18-12(17)10-4-2-9(3-5-10)7-15-11(8-16)6-13-14-15/h2-6,16H,7-8H2,1H3. The van der Waals surface area contributed by atoms with E-state index in [0.29, 0.717) is 17.8 Å². The second-order valence-corrected chi connectivity index (χ2v) is 3.73. The Hall–Kier alpha value is -2.21. The molecule has 0 amide bonds. The molecule has 94 valence electrons. The lowest BCUT2D eigenvalue weighted by molar-refractivity contribution is 0.0600. The first-order chi connectivity index (χ1) is 8.74. The van der Waals surface area contributed by atoms with Gasteiger partial charge in [-0.15, -0.1) is 5.10 Å². The Balaban J connectivity index is 2.13. The van der Waals surface area contributed by atoms with Gasteiger partial charge >= 0.3 is 5.97 Å². The third kappa shape index (κ3) is 2.54. The van der Waals surface area contributed by atoms with Gasteiger partial charge in [-0.05, 0) is 17.7 Å². The minimum absolute atomic E-state index is 0.104. The van der Waals surface area contributed by atoms with Gasteiger partial charge in [-0.1, -0.05) is 17.3 Å². The monoisotopic (exact) mass is 247 g/mol. The Morgan fingerprint density at radius 2 is 2.11 bits per heavy atom. The van der Waals surface area contributed by atoms with Crippen molar-refractivity contribution in [3.63, 3.8) is 0 Å². The van der Waals surface area contributed by atoms with Crippen molar-refractivity contribution in [1.29, 1.82) is 0 Å². The summed E-state index contributed by atoms with van der Waals surface area (Å²) in [5, 5.41) is 16.7. The fourth-order valence-corrected chi connectivity index (χ4v) is 1.57. The molecule has 0 aliphatic rings. The number of carbonyl (C=O) groups is 1. The summed E-state index contributed by atoms with van der Waals surface area (Å²) in [6.07, 6.45) is 1.52. The van der Waals surface area contributed by atoms with E-state index in [1.807, 2.05) is 12.1 Å².